The Morgan fingerprint density at radius 2 is 1.59 bits per heavy atom. The van der Waals surface area contributed by atoms with E-state index in [1.54, 1.807) is 18.9 Å². The van der Waals surface area contributed by atoms with Gasteiger partial charge >= 0.3 is 11.7 Å². The minimum Gasteiger partial charge on any atom is -0.368 e. The lowest BCUT2D eigenvalue weighted by Crippen LogP contribution is -2.51. The Hall–Kier alpha value is -4.27. The van der Waals surface area contributed by atoms with Gasteiger partial charge in [0.05, 0.1) is 6.20 Å². The highest BCUT2D eigenvalue weighted by Gasteiger charge is 2.27. The van der Waals surface area contributed by atoms with Crippen LogP contribution in [0.1, 0.15) is 17.3 Å². The van der Waals surface area contributed by atoms with Crippen LogP contribution in [0.15, 0.2) is 65.6 Å². The van der Waals surface area contributed by atoms with Gasteiger partial charge in [0.1, 0.15) is 5.52 Å². The predicted molar refractivity (Wildman–Crippen MR) is 129 cm³/mol. The Morgan fingerprint density at radius 1 is 0.912 bits per heavy atom. The number of anilines is 1. The topological polar surface area (TPSA) is 93.3 Å². The molecule has 3 heterocycles. The van der Waals surface area contributed by atoms with Crippen LogP contribution in [-0.2, 0) is 7.05 Å². The molecular weight excluding hydrogens is 432 g/mol. The first-order valence-electron chi connectivity index (χ1n) is 11.1. The molecule has 1 amide bonds. The number of nitrogens with zero attached hydrogens (tertiary/aromatic N) is 6. The molecule has 9 heteroatoms. The standard InChI is InChI=1S/C25H24N6O3/c1-17(32)18-8-10-20(11-9-18)29-12-14-30(15-13-29)25(34)31-21-16-26-22(19-6-4-3-5-7-19)27-23(21)28(2)24(31)33/h3-11,16H,12-15H2,1-2H3. The van der Waals surface area contributed by atoms with Gasteiger partial charge in [-0.2, -0.15) is 0 Å². The van der Waals surface area contributed by atoms with Gasteiger partial charge in [0, 0.05) is 50.0 Å². The summed E-state index contributed by atoms with van der Waals surface area (Å²) in [6.45, 7) is 3.74. The van der Waals surface area contributed by atoms with Crippen LogP contribution >= 0.6 is 0 Å². The number of benzene rings is 2. The number of carbonyl (C=O) groups excluding carboxylic acids is 2. The Labute approximate surface area is 195 Å². The highest BCUT2D eigenvalue weighted by molar-refractivity contribution is 5.94. The fraction of sp³-hybridized carbons (Fsp3) is 0.240. The molecule has 0 unspecified atom stereocenters. The lowest BCUT2D eigenvalue weighted by atomic mass is 10.1. The van der Waals surface area contributed by atoms with E-state index in [-0.39, 0.29) is 11.8 Å². The van der Waals surface area contributed by atoms with Crippen molar-refractivity contribution in [1.82, 2.24) is 24.0 Å². The van der Waals surface area contributed by atoms with Crippen molar-refractivity contribution < 1.29 is 9.59 Å². The molecule has 0 radical (unpaired) electrons. The molecule has 0 saturated carbocycles. The number of piperazine rings is 1. The third-order valence-corrected chi connectivity index (χ3v) is 6.20. The summed E-state index contributed by atoms with van der Waals surface area (Å²) in [5.74, 6) is 0.528. The molecular formula is C25H24N6O3. The fourth-order valence-electron chi connectivity index (χ4n) is 4.23. The molecule has 1 fully saturated rings. The van der Waals surface area contributed by atoms with E-state index in [2.05, 4.69) is 14.9 Å². The molecule has 5 rings (SSSR count). The van der Waals surface area contributed by atoms with E-state index < -0.39 is 5.69 Å². The number of aromatic nitrogens is 4. The second-order valence-corrected chi connectivity index (χ2v) is 8.31. The molecule has 1 saturated heterocycles. The van der Waals surface area contributed by atoms with Gasteiger partial charge in [-0.1, -0.05) is 30.3 Å². The lowest BCUT2D eigenvalue weighted by Gasteiger charge is -2.36. The quantitative estimate of drug-likeness (QED) is 0.440. The molecule has 1 aliphatic rings. The zero-order valence-corrected chi connectivity index (χ0v) is 19.0. The summed E-state index contributed by atoms with van der Waals surface area (Å²) in [6.07, 6.45) is 1.54. The summed E-state index contributed by atoms with van der Waals surface area (Å²) >= 11 is 0. The van der Waals surface area contributed by atoms with Crippen LogP contribution in [0, 0.1) is 0 Å². The number of imidazole rings is 1. The molecule has 4 aromatic rings. The monoisotopic (exact) mass is 456 g/mol. The van der Waals surface area contributed by atoms with Gasteiger partial charge < -0.3 is 9.80 Å². The Balaban J connectivity index is 1.37. The number of ketones is 1. The zero-order valence-electron chi connectivity index (χ0n) is 19.0. The third kappa shape index (κ3) is 3.75. The number of Topliss-reactive ketones (excluding diaryl/α,β-unsaturated/α-hetero) is 1. The normalized spacial score (nSPS) is 13.9. The predicted octanol–water partition coefficient (Wildman–Crippen LogP) is 2.79. The number of amides is 1. The average molecular weight is 457 g/mol. The largest absolute Gasteiger partial charge is 0.368 e. The zero-order chi connectivity index (χ0) is 23.8. The van der Waals surface area contributed by atoms with Crippen molar-refractivity contribution in [2.75, 3.05) is 31.1 Å². The summed E-state index contributed by atoms with van der Waals surface area (Å²) in [7, 11) is 1.61. The summed E-state index contributed by atoms with van der Waals surface area (Å²) in [4.78, 5) is 50.6. The van der Waals surface area contributed by atoms with E-state index in [4.69, 9.17) is 0 Å². The molecule has 0 aliphatic carbocycles. The van der Waals surface area contributed by atoms with Crippen molar-refractivity contribution in [2.24, 2.45) is 7.05 Å². The van der Waals surface area contributed by atoms with Gasteiger partial charge in [-0.15, -0.1) is 0 Å². The summed E-state index contributed by atoms with van der Waals surface area (Å²) in [6, 6.07) is 16.6. The number of carbonyl (C=O) groups is 2. The molecule has 9 nitrogen and oxygen atoms in total. The minimum absolute atomic E-state index is 0.0300. The summed E-state index contributed by atoms with van der Waals surface area (Å²) in [5.41, 5.74) is 2.87. The van der Waals surface area contributed by atoms with Gasteiger partial charge in [0.25, 0.3) is 0 Å². The van der Waals surface area contributed by atoms with Gasteiger partial charge in [0.2, 0.25) is 0 Å². The van der Waals surface area contributed by atoms with Crippen molar-refractivity contribution in [3.8, 4) is 11.4 Å². The van der Waals surface area contributed by atoms with E-state index >= 15 is 0 Å². The Kier molecular flexibility index (Phi) is 5.45. The van der Waals surface area contributed by atoms with Crippen molar-refractivity contribution in [3.63, 3.8) is 0 Å². The smallest absolute Gasteiger partial charge is 0.338 e. The first-order valence-corrected chi connectivity index (χ1v) is 11.1. The number of hydrogen-bond acceptors (Lipinski definition) is 6. The molecule has 0 atom stereocenters. The highest BCUT2D eigenvalue weighted by atomic mass is 16.2. The van der Waals surface area contributed by atoms with Crippen LogP contribution in [0.3, 0.4) is 0 Å². The second kappa shape index (κ2) is 8.58. The molecule has 34 heavy (non-hydrogen) atoms. The number of fused-ring (bicyclic) bond motifs is 1. The maximum Gasteiger partial charge on any atom is 0.338 e. The molecule has 172 valence electrons. The van der Waals surface area contributed by atoms with Crippen molar-refractivity contribution in [2.45, 2.75) is 6.92 Å². The van der Waals surface area contributed by atoms with Gasteiger partial charge in [-0.3, -0.25) is 9.36 Å². The fourth-order valence-corrected chi connectivity index (χ4v) is 4.23. The van der Waals surface area contributed by atoms with Crippen molar-refractivity contribution >= 4 is 28.7 Å². The van der Waals surface area contributed by atoms with Crippen LogP contribution < -0.4 is 10.6 Å². The van der Waals surface area contributed by atoms with Crippen LogP contribution in [0.4, 0.5) is 10.5 Å². The molecule has 0 spiro atoms. The summed E-state index contributed by atoms with van der Waals surface area (Å²) in [5, 5.41) is 0. The van der Waals surface area contributed by atoms with Crippen LogP contribution in [0.25, 0.3) is 22.6 Å². The van der Waals surface area contributed by atoms with E-state index in [0.29, 0.717) is 48.7 Å². The van der Waals surface area contributed by atoms with Gasteiger partial charge in [-0.05, 0) is 31.2 Å². The van der Waals surface area contributed by atoms with Gasteiger partial charge in [-0.25, -0.2) is 24.1 Å². The maximum atomic E-state index is 13.3. The summed E-state index contributed by atoms with van der Waals surface area (Å²) < 4.78 is 2.54. The Bertz CT molecular complexity index is 1430. The first-order chi connectivity index (χ1) is 16.4. The highest BCUT2D eigenvalue weighted by Crippen LogP contribution is 2.20. The number of aryl methyl sites for hydroxylation is 1. The Morgan fingerprint density at radius 3 is 2.24 bits per heavy atom. The molecule has 2 aromatic carbocycles. The van der Waals surface area contributed by atoms with E-state index in [0.717, 1.165) is 15.8 Å². The molecule has 2 aromatic heterocycles. The average Bonchev–Trinajstić information content (AvgIpc) is 3.13. The lowest BCUT2D eigenvalue weighted by molar-refractivity contribution is 0.101. The van der Waals surface area contributed by atoms with Crippen molar-refractivity contribution in [3.05, 3.63) is 76.8 Å². The first kappa shape index (κ1) is 21.6. The molecule has 0 bridgehead atoms. The SMILES string of the molecule is CC(=O)c1ccc(N2CCN(C(=O)n3c(=O)n(C)c4nc(-c5ccccc5)ncc43)CC2)cc1. The van der Waals surface area contributed by atoms with E-state index in [9.17, 15) is 14.4 Å². The third-order valence-electron chi connectivity index (χ3n) is 6.20. The van der Waals surface area contributed by atoms with Crippen molar-refractivity contribution in [1.29, 1.82) is 0 Å². The molecule has 1 aliphatic heterocycles. The van der Waals surface area contributed by atoms with E-state index in [1.807, 2.05) is 54.6 Å². The van der Waals surface area contributed by atoms with Crippen LogP contribution in [0.2, 0.25) is 0 Å². The van der Waals surface area contributed by atoms with Gasteiger partial charge in [0.15, 0.2) is 17.3 Å². The van der Waals surface area contributed by atoms with Crippen LogP contribution in [0.5, 0.6) is 0 Å². The maximum absolute atomic E-state index is 13.3. The second-order valence-electron chi connectivity index (χ2n) is 8.31. The van der Waals surface area contributed by atoms with E-state index in [1.165, 1.54) is 10.8 Å². The molecule has 0 N–H and O–H groups in total. The number of hydrogen-bond donors (Lipinski definition) is 0. The van der Waals surface area contributed by atoms with Crippen LogP contribution in [-0.4, -0.2) is 62.0 Å². The number of rotatable bonds is 3. The minimum atomic E-state index is -0.443.